The van der Waals surface area contributed by atoms with Crippen molar-refractivity contribution in [2.75, 3.05) is 4.90 Å². The number of nitrogens with zero attached hydrogens (tertiary/aromatic N) is 1. The van der Waals surface area contributed by atoms with Crippen LogP contribution in [-0.4, -0.2) is 0 Å². The van der Waals surface area contributed by atoms with Gasteiger partial charge < -0.3 is 18.5 Å². The molecule has 0 spiro atoms. The van der Waals surface area contributed by atoms with Gasteiger partial charge in [-0.25, -0.2) is 0 Å². The standard InChI is InChI=1S/C48H29NO3/c1-5-16-43-35(10-1)34-26-22-31(28-40(34)37-12-3-6-17-44(37)50-43)30-20-23-32(24-21-30)49(33-25-27-47-41(29-33)38-13-4-7-18-45(38)51-47)42-15-9-14-39-36-11-2-8-19-46(36)52-48(39)42/h1-29H. The highest BCUT2D eigenvalue weighted by atomic mass is 16.5. The van der Waals surface area contributed by atoms with E-state index in [-0.39, 0.29) is 0 Å². The van der Waals surface area contributed by atoms with Gasteiger partial charge in [-0.15, -0.1) is 0 Å². The van der Waals surface area contributed by atoms with Gasteiger partial charge in [0.15, 0.2) is 5.58 Å². The zero-order chi connectivity index (χ0) is 34.2. The maximum atomic E-state index is 6.59. The summed E-state index contributed by atoms with van der Waals surface area (Å²) < 4.78 is 19.2. The molecular weight excluding hydrogens is 639 g/mol. The number of hydrogen-bond donors (Lipinski definition) is 0. The molecule has 3 heterocycles. The third-order valence-electron chi connectivity index (χ3n) is 10.3. The molecule has 0 radical (unpaired) electrons. The monoisotopic (exact) mass is 667 g/mol. The molecule has 0 N–H and O–H groups in total. The number of furan rings is 2. The SMILES string of the molecule is c1ccc2c(c1)Oc1ccccc1-c1cc(-c3ccc(N(c4ccc5oc6ccccc6c5c4)c4cccc5c4oc4ccccc45)cc3)ccc1-2. The summed E-state index contributed by atoms with van der Waals surface area (Å²) in [6.07, 6.45) is 0. The fourth-order valence-electron chi connectivity index (χ4n) is 7.85. The maximum Gasteiger partial charge on any atom is 0.159 e. The Labute approximate surface area is 299 Å². The molecule has 0 atom stereocenters. The normalized spacial score (nSPS) is 12.0. The van der Waals surface area contributed by atoms with E-state index < -0.39 is 0 Å². The molecular formula is C48H29NO3. The average molecular weight is 668 g/mol. The molecule has 1 aliphatic heterocycles. The highest BCUT2D eigenvalue weighted by Crippen LogP contribution is 2.48. The Morgan fingerprint density at radius 3 is 1.73 bits per heavy atom. The summed E-state index contributed by atoms with van der Waals surface area (Å²) in [5, 5.41) is 4.35. The molecule has 0 unspecified atom stereocenters. The van der Waals surface area contributed by atoms with E-state index in [4.69, 9.17) is 13.6 Å². The second kappa shape index (κ2) is 11.2. The summed E-state index contributed by atoms with van der Waals surface area (Å²) in [5.74, 6) is 1.73. The first-order valence-corrected chi connectivity index (χ1v) is 17.5. The van der Waals surface area contributed by atoms with E-state index in [0.717, 1.165) is 106 Å². The van der Waals surface area contributed by atoms with Crippen LogP contribution in [0.25, 0.3) is 77.3 Å². The average Bonchev–Trinajstić information content (AvgIpc) is 3.73. The Hall–Kier alpha value is -7.04. The lowest BCUT2D eigenvalue weighted by atomic mass is 9.91. The van der Waals surface area contributed by atoms with Gasteiger partial charge in [-0.05, 0) is 89.0 Å². The fraction of sp³-hybridized carbons (Fsp3) is 0. The van der Waals surface area contributed by atoms with Crippen molar-refractivity contribution in [2.45, 2.75) is 0 Å². The van der Waals surface area contributed by atoms with Crippen molar-refractivity contribution in [1.29, 1.82) is 0 Å². The van der Waals surface area contributed by atoms with Crippen LogP contribution in [0.5, 0.6) is 11.5 Å². The smallest absolute Gasteiger partial charge is 0.159 e. The number of para-hydroxylation sites is 5. The summed E-state index contributed by atoms with van der Waals surface area (Å²) in [6, 6.07) is 61.4. The van der Waals surface area contributed by atoms with Crippen molar-refractivity contribution in [3.05, 3.63) is 176 Å². The van der Waals surface area contributed by atoms with Crippen molar-refractivity contribution >= 4 is 60.9 Å². The van der Waals surface area contributed by atoms with Gasteiger partial charge >= 0.3 is 0 Å². The van der Waals surface area contributed by atoms with E-state index in [0.29, 0.717) is 0 Å². The van der Waals surface area contributed by atoms with E-state index in [1.54, 1.807) is 0 Å². The van der Waals surface area contributed by atoms with Crippen LogP contribution in [0.15, 0.2) is 185 Å². The van der Waals surface area contributed by atoms with E-state index in [1.807, 2.05) is 48.5 Å². The van der Waals surface area contributed by atoms with Crippen molar-refractivity contribution in [3.63, 3.8) is 0 Å². The van der Waals surface area contributed by atoms with Gasteiger partial charge in [-0.2, -0.15) is 0 Å². The van der Waals surface area contributed by atoms with Gasteiger partial charge in [0.25, 0.3) is 0 Å². The summed E-state index contributed by atoms with van der Waals surface area (Å²) in [6.45, 7) is 0. The molecule has 0 saturated carbocycles. The zero-order valence-corrected chi connectivity index (χ0v) is 27.9. The fourth-order valence-corrected chi connectivity index (χ4v) is 7.85. The molecule has 0 amide bonds. The third kappa shape index (κ3) is 4.41. The summed E-state index contributed by atoms with van der Waals surface area (Å²) in [7, 11) is 0. The predicted molar refractivity (Wildman–Crippen MR) is 212 cm³/mol. The Kier molecular flexibility index (Phi) is 6.22. The van der Waals surface area contributed by atoms with Gasteiger partial charge in [0.05, 0.1) is 5.69 Å². The van der Waals surface area contributed by atoms with Crippen LogP contribution in [0.4, 0.5) is 17.1 Å². The summed E-state index contributed by atoms with van der Waals surface area (Å²) >= 11 is 0. The Balaban J connectivity index is 1.07. The minimum Gasteiger partial charge on any atom is -0.456 e. The molecule has 8 aromatic carbocycles. The van der Waals surface area contributed by atoms with Crippen LogP contribution in [0.3, 0.4) is 0 Å². The quantitative estimate of drug-likeness (QED) is 0.187. The lowest BCUT2D eigenvalue weighted by molar-refractivity contribution is 0.488. The van der Waals surface area contributed by atoms with Gasteiger partial charge in [0.2, 0.25) is 0 Å². The molecule has 11 rings (SSSR count). The van der Waals surface area contributed by atoms with E-state index in [1.165, 1.54) is 0 Å². The first-order chi connectivity index (χ1) is 25.8. The van der Waals surface area contributed by atoms with Crippen molar-refractivity contribution < 1.29 is 13.6 Å². The van der Waals surface area contributed by atoms with Crippen LogP contribution >= 0.6 is 0 Å². The van der Waals surface area contributed by atoms with Crippen LogP contribution < -0.4 is 9.64 Å². The van der Waals surface area contributed by atoms with E-state index in [9.17, 15) is 0 Å². The molecule has 0 saturated heterocycles. The minimum absolute atomic E-state index is 0.844. The van der Waals surface area contributed by atoms with Gasteiger partial charge in [0, 0.05) is 44.0 Å². The van der Waals surface area contributed by atoms with Gasteiger partial charge in [-0.1, -0.05) is 109 Å². The number of fused-ring (bicyclic) bond motifs is 11. The highest BCUT2D eigenvalue weighted by molar-refractivity contribution is 6.11. The first kappa shape index (κ1) is 28.8. The molecule has 244 valence electrons. The van der Waals surface area contributed by atoms with E-state index >= 15 is 0 Å². The second-order valence-corrected chi connectivity index (χ2v) is 13.3. The molecule has 0 aliphatic carbocycles. The minimum atomic E-state index is 0.844. The third-order valence-corrected chi connectivity index (χ3v) is 10.3. The van der Waals surface area contributed by atoms with Crippen molar-refractivity contribution in [2.24, 2.45) is 0 Å². The van der Waals surface area contributed by atoms with Gasteiger partial charge in [0.1, 0.15) is 28.2 Å². The van der Waals surface area contributed by atoms with Crippen LogP contribution in [0.1, 0.15) is 0 Å². The Morgan fingerprint density at radius 2 is 0.942 bits per heavy atom. The lowest BCUT2D eigenvalue weighted by Gasteiger charge is -2.26. The molecule has 52 heavy (non-hydrogen) atoms. The molecule has 10 aromatic rings. The van der Waals surface area contributed by atoms with Crippen LogP contribution in [0, 0.1) is 0 Å². The lowest BCUT2D eigenvalue weighted by Crippen LogP contribution is -2.10. The first-order valence-electron chi connectivity index (χ1n) is 17.5. The molecule has 2 aromatic heterocycles. The largest absolute Gasteiger partial charge is 0.456 e. The molecule has 0 fully saturated rings. The number of hydrogen-bond acceptors (Lipinski definition) is 4. The van der Waals surface area contributed by atoms with Crippen LogP contribution in [0.2, 0.25) is 0 Å². The Bertz CT molecular complexity index is 3000. The van der Waals surface area contributed by atoms with Gasteiger partial charge in [-0.3, -0.25) is 0 Å². The summed E-state index contributed by atoms with van der Waals surface area (Å²) in [4.78, 5) is 2.29. The van der Waals surface area contributed by atoms with Crippen molar-refractivity contribution in [3.8, 4) is 44.9 Å². The number of ether oxygens (including phenoxy) is 1. The second-order valence-electron chi connectivity index (χ2n) is 13.3. The molecule has 0 bridgehead atoms. The molecule has 4 nitrogen and oxygen atoms in total. The maximum absolute atomic E-state index is 6.59. The number of benzene rings is 8. The van der Waals surface area contributed by atoms with Crippen LogP contribution in [-0.2, 0) is 0 Å². The zero-order valence-electron chi connectivity index (χ0n) is 27.9. The highest BCUT2D eigenvalue weighted by Gasteiger charge is 2.23. The van der Waals surface area contributed by atoms with Crippen molar-refractivity contribution in [1.82, 2.24) is 0 Å². The summed E-state index contributed by atoms with van der Waals surface area (Å²) in [5.41, 5.74) is 13.2. The predicted octanol–water partition coefficient (Wildman–Crippen LogP) is 14.1. The topological polar surface area (TPSA) is 38.8 Å². The number of rotatable bonds is 4. The molecule has 1 aliphatic rings. The van der Waals surface area contributed by atoms with E-state index in [2.05, 4.69) is 132 Å². The Morgan fingerprint density at radius 1 is 0.346 bits per heavy atom. The molecule has 4 heteroatoms. The number of anilines is 3.